The van der Waals surface area contributed by atoms with Crippen LogP contribution in [-0.4, -0.2) is 20.2 Å². The minimum Gasteiger partial charge on any atom is -0.197 e. The molecule has 0 amide bonds. The highest BCUT2D eigenvalue weighted by Gasteiger charge is 2.23. The van der Waals surface area contributed by atoms with E-state index >= 15 is 0 Å². The number of hydrogen-bond donors (Lipinski definition) is 0. The van der Waals surface area contributed by atoms with Crippen LogP contribution >= 0.6 is 15.9 Å². The molecule has 2 aromatic rings. The fourth-order valence-corrected chi connectivity index (χ4v) is 3.89. The minimum atomic E-state index is 0.501. The van der Waals surface area contributed by atoms with Gasteiger partial charge in [-0.2, -0.15) is 4.68 Å². The van der Waals surface area contributed by atoms with Gasteiger partial charge in [0.2, 0.25) is 0 Å². The summed E-state index contributed by atoms with van der Waals surface area (Å²) in [6.45, 7) is 4.22. The second kappa shape index (κ2) is 5.64. The van der Waals surface area contributed by atoms with Crippen LogP contribution in [0.3, 0.4) is 0 Å². The minimum absolute atomic E-state index is 0.501. The van der Waals surface area contributed by atoms with Crippen LogP contribution in [0.4, 0.5) is 0 Å². The van der Waals surface area contributed by atoms with Crippen molar-refractivity contribution < 1.29 is 0 Å². The summed E-state index contributed by atoms with van der Waals surface area (Å²) in [5.41, 5.74) is 3.52. The Hall–Kier alpha value is -1.23. The number of aromatic nitrogens is 4. The molecule has 1 saturated carbocycles. The standard InChI is InChI=1S/C15H19BrN4/c1-10-8-13(16)9-11(2)14(10)20-15(17-18-19-20)12-6-4-3-5-7-12/h8-9,12H,3-7H2,1-2H3. The molecule has 1 fully saturated rings. The van der Waals surface area contributed by atoms with E-state index < -0.39 is 0 Å². The van der Waals surface area contributed by atoms with Crippen LogP contribution in [-0.2, 0) is 0 Å². The van der Waals surface area contributed by atoms with Crippen LogP contribution in [0.15, 0.2) is 16.6 Å². The zero-order valence-corrected chi connectivity index (χ0v) is 13.5. The van der Waals surface area contributed by atoms with Gasteiger partial charge in [0, 0.05) is 10.4 Å². The molecule has 0 spiro atoms. The number of aryl methyl sites for hydroxylation is 2. The molecule has 0 radical (unpaired) electrons. The fourth-order valence-electron chi connectivity index (χ4n) is 3.21. The predicted octanol–water partition coefficient (Wildman–Crippen LogP) is 4.09. The zero-order valence-electron chi connectivity index (χ0n) is 11.9. The molecule has 1 aliphatic carbocycles. The van der Waals surface area contributed by atoms with Crippen LogP contribution in [0.5, 0.6) is 0 Å². The molecule has 106 valence electrons. The largest absolute Gasteiger partial charge is 0.197 e. The van der Waals surface area contributed by atoms with E-state index in [0.29, 0.717) is 5.92 Å². The fraction of sp³-hybridized carbons (Fsp3) is 0.533. The van der Waals surface area contributed by atoms with Crippen LogP contribution in [0.1, 0.15) is 55.0 Å². The molecule has 0 N–H and O–H groups in total. The third-order valence-electron chi connectivity index (χ3n) is 4.13. The van der Waals surface area contributed by atoms with Crippen molar-refractivity contribution in [3.05, 3.63) is 33.6 Å². The van der Waals surface area contributed by atoms with Crippen LogP contribution < -0.4 is 0 Å². The van der Waals surface area contributed by atoms with Gasteiger partial charge in [-0.25, -0.2) is 0 Å². The smallest absolute Gasteiger partial charge is 0.159 e. The predicted molar refractivity (Wildman–Crippen MR) is 82.2 cm³/mol. The van der Waals surface area contributed by atoms with Crippen molar-refractivity contribution >= 4 is 15.9 Å². The monoisotopic (exact) mass is 334 g/mol. The van der Waals surface area contributed by atoms with Crippen molar-refractivity contribution in [1.29, 1.82) is 0 Å². The Morgan fingerprint density at radius 3 is 2.40 bits per heavy atom. The summed E-state index contributed by atoms with van der Waals surface area (Å²) in [6.07, 6.45) is 6.32. The van der Waals surface area contributed by atoms with Crippen molar-refractivity contribution in [1.82, 2.24) is 20.2 Å². The van der Waals surface area contributed by atoms with Gasteiger partial charge in [0.1, 0.15) is 0 Å². The lowest BCUT2D eigenvalue weighted by molar-refractivity contribution is 0.422. The maximum absolute atomic E-state index is 4.31. The number of tetrazole rings is 1. The van der Waals surface area contributed by atoms with Crippen molar-refractivity contribution in [2.45, 2.75) is 51.9 Å². The summed E-state index contributed by atoms with van der Waals surface area (Å²) in [6, 6.07) is 4.24. The molecule has 0 atom stereocenters. The lowest BCUT2D eigenvalue weighted by Gasteiger charge is -2.21. The third-order valence-corrected chi connectivity index (χ3v) is 4.59. The van der Waals surface area contributed by atoms with E-state index in [1.807, 2.05) is 4.68 Å². The molecule has 0 bridgehead atoms. The highest BCUT2D eigenvalue weighted by Crippen LogP contribution is 2.33. The Morgan fingerprint density at radius 1 is 1.10 bits per heavy atom. The zero-order chi connectivity index (χ0) is 14.1. The number of nitrogens with zero attached hydrogens (tertiary/aromatic N) is 4. The lowest BCUT2D eigenvalue weighted by Crippen LogP contribution is -2.13. The Balaban J connectivity index is 2.05. The van der Waals surface area contributed by atoms with Crippen molar-refractivity contribution in [2.24, 2.45) is 0 Å². The van der Waals surface area contributed by atoms with E-state index in [0.717, 1.165) is 16.0 Å². The summed E-state index contributed by atoms with van der Waals surface area (Å²) in [5.74, 6) is 1.53. The summed E-state index contributed by atoms with van der Waals surface area (Å²) in [7, 11) is 0. The third kappa shape index (κ3) is 2.51. The molecule has 1 aliphatic rings. The SMILES string of the molecule is Cc1cc(Br)cc(C)c1-n1nnnc1C1CCCCC1. The first kappa shape index (κ1) is 13.7. The van der Waals surface area contributed by atoms with Gasteiger partial charge in [-0.15, -0.1) is 5.10 Å². The summed E-state index contributed by atoms with van der Waals surface area (Å²) >= 11 is 3.54. The van der Waals surface area contributed by atoms with Gasteiger partial charge in [-0.05, 0) is 60.4 Å². The number of rotatable bonds is 2. The second-order valence-electron chi connectivity index (χ2n) is 5.67. The first-order valence-electron chi connectivity index (χ1n) is 7.22. The Kier molecular flexibility index (Phi) is 3.87. The van der Waals surface area contributed by atoms with Gasteiger partial charge in [0.15, 0.2) is 5.82 Å². The van der Waals surface area contributed by atoms with Gasteiger partial charge in [-0.3, -0.25) is 0 Å². The quantitative estimate of drug-likeness (QED) is 0.830. The highest BCUT2D eigenvalue weighted by atomic mass is 79.9. The molecular weight excluding hydrogens is 316 g/mol. The molecule has 0 aliphatic heterocycles. The molecule has 1 aromatic heterocycles. The molecule has 0 unspecified atom stereocenters. The summed E-state index contributed by atoms with van der Waals surface area (Å²) in [4.78, 5) is 0. The van der Waals surface area contributed by atoms with Gasteiger partial charge in [-0.1, -0.05) is 35.2 Å². The normalized spacial score (nSPS) is 16.6. The van der Waals surface area contributed by atoms with Gasteiger partial charge < -0.3 is 0 Å². The van der Waals surface area contributed by atoms with Crippen LogP contribution in [0.25, 0.3) is 5.69 Å². The average molecular weight is 335 g/mol. The molecule has 0 saturated heterocycles. The molecular formula is C15H19BrN4. The van der Waals surface area contributed by atoms with Crippen LogP contribution in [0, 0.1) is 13.8 Å². The Morgan fingerprint density at radius 2 is 1.75 bits per heavy atom. The van der Waals surface area contributed by atoms with E-state index in [1.165, 1.54) is 43.2 Å². The van der Waals surface area contributed by atoms with Crippen molar-refractivity contribution in [3.63, 3.8) is 0 Å². The maximum atomic E-state index is 4.31. The summed E-state index contributed by atoms with van der Waals surface area (Å²) in [5, 5.41) is 12.5. The van der Waals surface area contributed by atoms with E-state index in [1.54, 1.807) is 0 Å². The maximum Gasteiger partial charge on any atom is 0.159 e. The lowest BCUT2D eigenvalue weighted by atomic mass is 9.88. The number of hydrogen-bond acceptors (Lipinski definition) is 3. The molecule has 20 heavy (non-hydrogen) atoms. The second-order valence-corrected chi connectivity index (χ2v) is 6.59. The molecule has 1 aromatic carbocycles. The summed E-state index contributed by atoms with van der Waals surface area (Å²) < 4.78 is 3.05. The first-order valence-corrected chi connectivity index (χ1v) is 8.01. The van der Waals surface area contributed by atoms with Crippen molar-refractivity contribution in [2.75, 3.05) is 0 Å². The van der Waals surface area contributed by atoms with E-state index in [4.69, 9.17) is 0 Å². The van der Waals surface area contributed by atoms with Crippen molar-refractivity contribution in [3.8, 4) is 5.69 Å². The molecule has 5 heteroatoms. The Labute approximate surface area is 127 Å². The van der Waals surface area contributed by atoms with Crippen LogP contribution in [0.2, 0.25) is 0 Å². The molecule has 3 rings (SSSR count). The molecule has 1 heterocycles. The first-order chi connectivity index (χ1) is 9.66. The van der Waals surface area contributed by atoms with E-state index in [-0.39, 0.29) is 0 Å². The number of halogens is 1. The van der Waals surface area contributed by atoms with E-state index in [9.17, 15) is 0 Å². The number of benzene rings is 1. The average Bonchev–Trinajstić information content (AvgIpc) is 2.87. The van der Waals surface area contributed by atoms with Gasteiger partial charge >= 0.3 is 0 Å². The Bertz CT molecular complexity index is 591. The van der Waals surface area contributed by atoms with Gasteiger partial charge in [0.25, 0.3) is 0 Å². The molecule has 4 nitrogen and oxygen atoms in total. The topological polar surface area (TPSA) is 43.6 Å². The van der Waals surface area contributed by atoms with Gasteiger partial charge in [0.05, 0.1) is 5.69 Å². The highest BCUT2D eigenvalue weighted by molar-refractivity contribution is 9.10. The van der Waals surface area contributed by atoms with E-state index in [2.05, 4.69) is 57.4 Å².